The number of hydrogen-bond acceptors (Lipinski definition) is 2. The highest BCUT2D eigenvalue weighted by atomic mass is 16.5. The second kappa shape index (κ2) is 5.89. The molecule has 1 heterocycles. The van der Waals surface area contributed by atoms with Crippen LogP contribution in [0.3, 0.4) is 0 Å². The molecule has 1 saturated heterocycles. The van der Waals surface area contributed by atoms with Gasteiger partial charge in [0.2, 0.25) is 0 Å². The zero-order chi connectivity index (χ0) is 13.0. The minimum absolute atomic E-state index is 0.103. The molecule has 0 radical (unpaired) electrons. The number of rotatable bonds is 4. The van der Waals surface area contributed by atoms with E-state index >= 15 is 0 Å². The number of hydrogen-bond donors (Lipinski definition) is 0. The molecule has 2 rings (SSSR count). The highest BCUT2D eigenvalue weighted by Crippen LogP contribution is 2.25. The van der Waals surface area contributed by atoms with Crippen LogP contribution >= 0.6 is 0 Å². The van der Waals surface area contributed by atoms with E-state index in [4.69, 9.17) is 4.74 Å². The lowest BCUT2D eigenvalue weighted by Crippen LogP contribution is -2.32. The highest BCUT2D eigenvalue weighted by Gasteiger charge is 2.18. The van der Waals surface area contributed by atoms with E-state index in [1.807, 2.05) is 23.1 Å². The molecular weight excluding hydrogens is 226 g/mol. The maximum Gasteiger partial charge on any atom is 0.260 e. The first-order valence-electron chi connectivity index (χ1n) is 6.68. The van der Waals surface area contributed by atoms with Crippen molar-refractivity contribution in [2.75, 3.05) is 19.7 Å². The Labute approximate surface area is 109 Å². The Bertz CT molecular complexity index is 409. The summed E-state index contributed by atoms with van der Waals surface area (Å²) >= 11 is 0. The van der Waals surface area contributed by atoms with Crippen molar-refractivity contribution in [3.8, 4) is 5.75 Å². The minimum Gasteiger partial charge on any atom is -0.483 e. The second-order valence-corrected chi connectivity index (χ2v) is 5.07. The monoisotopic (exact) mass is 247 g/mol. The molecule has 0 spiro atoms. The molecule has 98 valence electrons. The van der Waals surface area contributed by atoms with Gasteiger partial charge in [0.1, 0.15) is 5.75 Å². The number of likely N-dealkylation sites (tertiary alicyclic amines) is 1. The van der Waals surface area contributed by atoms with Gasteiger partial charge in [0.15, 0.2) is 6.61 Å². The molecule has 1 aromatic carbocycles. The molecule has 0 N–H and O–H groups in total. The number of benzene rings is 1. The van der Waals surface area contributed by atoms with E-state index in [0.29, 0.717) is 5.92 Å². The molecule has 18 heavy (non-hydrogen) atoms. The summed E-state index contributed by atoms with van der Waals surface area (Å²) in [6, 6.07) is 7.94. The van der Waals surface area contributed by atoms with Crippen molar-refractivity contribution in [3.05, 3.63) is 29.8 Å². The van der Waals surface area contributed by atoms with Gasteiger partial charge in [-0.15, -0.1) is 0 Å². The first-order chi connectivity index (χ1) is 8.68. The van der Waals surface area contributed by atoms with Crippen molar-refractivity contribution >= 4 is 5.91 Å². The van der Waals surface area contributed by atoms with Crippen molar-refractivity contribution in [1.82, 2.24) is 4.90 Å². The molecule has 0 unspecified atom stereocenters. The predicted octanol–water partition coefficient (Wildman–Crippen LogP) is 2.81. The summed E-state index contributed by atoms with van der Waals surface area (Å²) in [6.07, 6.45) is 2.24. The predicted molar refractivity (Wildman–Crippen MR) is 71.8 cm³/mol. The van der Waals surface area contributed by atoms with Crippen LogP contribution in [-0.2, 0) is 4.79 Å². The van der Waals surface area contributed by atoms with Gasteiger partial charge in [0.05, 0.1) is 0 Å². The topological polar surface area (TPSA) is 29.5 Å². The number of ether oxygens (including phenoxy) is 1. The van der Waals surface area contributed by atoms with Gasteiger partial charge in [-0.3, -0.25) is 4.79 Å². The summed E-state index contributed by atoms with van der Waals surface area (Å²) < 4.78 is 5.68. The zero-order valence-corrected chi connectivity index (χ0v) is 11.2. The lowest BCUT2D eigenvalue weighted by molar-refractivity contribution is -0.132. The molecule has 3 heteroatoms. The lowest BCUT2D eigenvalue weighted by atomic mass is 10.0. The average molecular weight is 247 g/mol. The van der Waals surface area contributed by atoms with E-state index in [0.717, 1.165) is 37.2 Å². The Kier molecular flexibility index (Phi) is 4.24. The minimum atomic E-state index is 0.103. The number of para-hydroxylation sites is 1. The molecule has 0 atom stereocenters. The van der Waals surface area contributed by atoms with Crippen LogP contribution in [0.4, 0.5) is 0 Å². The maximum absolute atomic E-state index is 11.9. The summed E-state index contributed by atoms with van der Waals surface area (Å²) in [6.45, 7) is 6.18. The van der Waals surface area contributed by atoms with Crippen LogP contribution in [0.5, 0.6) is 5.75 Å². The molecule has 1 fully saturated rings. The van der Waals surface area contributed by atoms with Crippen LogP contribution in [0, 0.1) is 0 Å². The standard InChI is InChI=1S/C15H21NO2/c1-12(2)13-7-3-4-8-14(13)18-11-15(17)16-9-5-6-10-16/h3-4,7-8,12H,5-6,9-11H2,1-2H3. The number of nitrogens with zero attached hydrogens (tertiary/aromatic N) is 1. The van der Waals surface area contributed by atoms with Crippen molar-refractivity contribution in [2.45, 2.75) is 32.6 Å². The fourth-order valence-electron chi connectivity index (χ4n) is 2.29. The van der Waals surface area contributed by atoms with Gasteiger partial charge in [0, 0.05) is 13.1 Å². The van der Waals surface area contributed by atoms with E-state index in [-0.39, 0.29) is 12.5 Å². The molecule has 0 bridgehead atoms. The fourth-order valence-corrected chi connectivity index (χ4v) is 2.29. The lowest BCUT2D eigenvalue weighted by Gasteiger charge is -2.17. The molecule has 1 aromatic rings. The Morgan fingerprint density at radius 2 is 1.94 bits per heavy atom. The average Bonchev–Trinajstić information content (AvgIpc) is 2.90. The molecule has 1 aliphatic rings. The highest BCUT2D eigenvalue weighted by molar-refractivity contribution is 5.78. The zero-order valence-electron chi connectivity index (χ0n) is 11.2. The SMILES string of the molecule is CC(C)c1ccccc1OCC(=O)N1CCCC1. The van der Waals surface area contributed by atoms with Crippen LogP contribution in [0.1, 0.15) is 38.2 Å². The molecule has 1 amide bonds. The number of carbonyl (C=O) groups excluding carboxylic acids is 1. The first-order valence-corrected chi connectivity index (χ1v) is 6.68. The van der Waals surface area contributed by atoms with Gasteiger partial charge in [-0.1, -0.05) is 32.0 Å². The van der Waals surface area contributed by atoms with Gasteiger partial charge in [-0.25, -0.2) is 0 Å². The third-order valence-corrected chi connectivity index (χ3v) is 3.35. The summed E-state index contributed by atoms with van der Waals surface area (Å²) in [5.41, 5.74) is 1.16. The van der Waals surface area contributed by atoms with Gasteiger partial charge in [-0.2, -0.15) is 0 Å². The van der Waals surface area contributed by atoms with Crippen molar-refractivity contribution < 1.29 is 9.53 Å². The normalized spacial score (nSPS) is 15.2. The van der Waals surface area contributed by atoms with Crippen molar-refractivity contribution in [3.63, 3.8) is 0 Å². The van der Waals surface area contributed by atoms with E-state index in [9.17, 15) is 4.79 Å². The van der Waals surface area contributed by atoms with E-state index in [2.05, 4.69) is 19.9 Å². The van der Waals surface area contributed by atoms with Crippen molar-refractivity contribution in [2.24, 2.45) is 0 Å². The smallest absolute Gasteiger partial charge is 0.260 e. The summed E-state index contributed by atoms with van der Waals surface area (Å²) in [7, 11) is 0. The van der Waals surface area contributed by atoms with Gasteiger partial charge in [-0.05, 0) is 30.4 Å². The summed E-state index contributed by atoms with van der Waals surface area (Å²) in [4.78, 5) is 13.8. The van der Waals surface area contributed by atoms with Crippen LogP contribution in [0.2, 0.25) is 0 Å². The van der Waals surface area contributed by atoms with Gasteiger partial charge < -0.3 is 9.64 Å². The van der Waals surface area contributed by atoms with Crippen LogP contribution < -0.4 is 4.74 Å². The number of amides is 1. The molecule has 1 aliphatic heterocycles. The van der Waals surface area contributed by atoms with Crippen LogP contribution in [0.25, 0.3) is 0 Å². The van der Waals surface area contributed by atoms with E-state index in [1.165, 1.54) is 0 Å². The molecule has 3 nitrogen and oxygen atoms in total. The van der Waals surface area contributed by atoms with E-state index in [1.54, 1.807) is 0 Å². The molecule has 0 aromatic heterocycles. The quantitative estimate of drug-likeness (QED) is 0.818. The second-order valence-electron chi connectivity index (χ2n) is 5.07. The Morgan fingerprint density at radius 3 is 2.61 bits per heavy atom. The summed E-state index contributed by atoms with van der Waals surface area (Å²) in [5.74, 6) is 1.34. The maximum atomic E-state index is 11.9. The Hall–Kier alpha value is -1.51. The van der Waals surface area contributed by atoms with Gasteiger partial charge >= 0.3 is 0 Å². The fraction of sp³-hybridized carbons (Fsp3) is 0.533. The number of carbonyl (C=O) groups is 1. The van der Waals surface area contributed by atoms with Crippen molar-refractivity contribution in [1.29, 1.82) is 0 Å². The van der Waals surface area contributed by atoms with Crippen LogP contribution in [0.15, 0.2) is 24.3 Å². The Morgan fingerprint density at radius 1 is 1.28 bits per heavy atom. The third kappa shape index (κ3) is 3.03. The largest absolute Gasteiger partial charge is 0.483 e. The summed E-state index contributed by atoms with van der Waals surface area (Å²) in [5, 5.41) is 0. The Balaban J connectivity index is 1.95. The van der Waals surface area contributed by atoms with E-state index < -0.39 is 0 Å². The molecular formula is C15H21NO2. The van der Waals surface area contributed by atoms with Crippen LogP contribution in [-0.4, -0.2) is 30.5 Å². The van der Waals surface area contributed by atoms with Gasteiger partial charge in [0.25, 0.3) is 5.91 Å². The third-order valence-electron chi connectivity index (χ3n) is 3.35. The molecule has 0 saturated carbocycles. The molecule has 0 aliphatic carbocycles. The first kappa shape index (κ1) is 12.9.